The number of carbonyl (C=O) groups excluding carboxylic acids is 1. The molecule has 0 radical (unpaired) electrons. The Morgan fingerprint density at radius 2 is 1.70 bits per heavy atom. The van der Waals surface area contributed by atoms with Gasteiger partial charge < -0.3 is 15.5 Å². The molecule has 0 saturated carbocycles. The van der Waals surface area contributed by atoms with Crippen LogP contribution in [0.1, 0.15) is 23.1 Å². The number of aryl methyl sites for hydroxylation is 2. The number of anilines is 3. The van der Waals surface area contributed by atoms with Crippen LogP contribution >= 0.6 is 11.6 Å². The molecule has 172 valence electrons. The van der Waals surface area contributed by atoms with Crippen LogP contribution in [-0.4, -0.2) is 42.1 Å². The van der Waals surface area contributed by atoms with E-state index in [1.165, 1.54) is 5.56 Å². The molecule has 2 N–H and O–H groups in total. The molecule has 4 rings (SSSR count). The normalized spacial score (nSPS) is 14.6. The van der Waals surface area contributed by atoms with Crippen LogP contribution in [0.15, 0.2) is 60.8 Å². The van der Waals surface area contributed by atoms with E-state index in [0.717, 1.165) is 66.8 Å². The molecule has 7 heteroatoms. The number of amides is 2. The number of rotatable bonds is 5. The summed E-state index contributed by atoms with van der Waals surface area (Å²) in [5, 5.41) is 6.59. The third-order valence-electron chi connectivity index (χ3n) is 5.96. The molecule has 33 heavy (non-hydrogen) atoms. The summed E-state index contributed by atoms with van der Waals surface area (Å²) in [6.45, 7) is 8.80. The number of hydrogen-bond donors (Lipinski definition) is 2. The first kappa shape index (κ1) is 23.1. The summed E-state index contributed by atoms with van der Waals surface area (Å²) in [5.74, 6) is 0.934. The highest BCUT2D eigenvalue weighted by atomic mass is 35.5. The number of halogens is 1. The summed E-state index contributed by atoms with van der Waals surface area (Å²) in [4.78, 5) is 21.8. The maximum Gasteiger partial charge on any atom is 0.323 e. The fourth-order valence-corrected chi connectivity index (χ4v) is 4.27. The van der Waals surface area contributed by atoms with Crippen molar-refractivity contribution in [1.29, 1.82) is 0 Å². The first-order valence-electron chi connectivity index (χ1n) is 11.3. The maximum atomic E-state index is 12.4. The van der Waals surface area contributed by atoms with Crippen molar-refractivity contribution in [3.05, 3.63) is 82.5 Å². The van der Waals surface area contributed by atoms with Crippen LogP contribution in [0.4, 0.5) is 22.0 Å². The molecular formula is C26H30ClN5O. The summed E-state index contributed by atoms with van der Waals surface area (Å²) in [6, 6.07) is 17.6. The summed E-state index contributed by atoms with van der Waals surface area (Å²) >= 11 is 6.00. The molecule has 6 nitrogen and oxygen atoms in total. The van der Waals surface area contributed by atoms with E-state index < -0.39 is 0 Å². The fraction of sp³-hybridized carbons (Fsp3) is 0.308. The quantitative estimate of drug-likeness (QED) is 0.509. The van der Waals surface area contributed by atoms with Crippen molar-refractivity contribution in [1.82, 2.24) is 9.88 Å². The second-order valence-corrected chi connectivity index (χ2v) is 8.93. The monoisotopic (exact) mass is 463 g/mol. The van der Waals surface area contributed by atoms with Gasteiger partial charge in [0, 0.05) is 43.4 Å². The van der Waals surface area contributed by atoms with Gasteiger partial charge in [0.05, 0.1) is 11.9 Å². The Hall–Kier alpha value is -3.09. The van der Waals surface area contributed by atoms with Crippen LogP contribution in [0.25, 0.3) is 0 Å². The molecule has 1 aliphatic heterocycles. The van der Waals surface area contributed by atoms with Gasteiger partial charge in [-0.1, -0.05) is 41.9 Å². The average Bonchev–Trinajstić information content (AvgIpc) is 3.04. The summed E-state index contributed by atoms with van der Waals surface area (Å²) in [5.41, 5.74) is 4.85. The van der Waals surface area contributed by atoms with E-state index in [4.69, 9.17) is 11.6 Å². The lowest BCUT2D eigenvalue weighted by molar-refractivity contribution is 0.262. The first-order valence-corrected chi connectivity index (χ1v) is 11.7. The van der Waals surface area contributed by atoms with Gasteiger partial charge in [0.15, 0.2) is 0 Å². The number of para-hydroxylation sites is 1. The Morgan fingerprint density at radius 1 is 0.939 bits per heavy atom. The van der Waals surface area contributed by atoms with Crippen molar-refractivity contribution in [2.75, 3.05) is 41.7 Å². The molecular weight excluding hydrogens is 434 g/mol. The highest BCUT2D eigenvalue weighted by molar-refractivity contribution is 6.30. The number of carbonyl (C=O) groups is 1. The summed E-state index contributed by atoms with van der Waals surface area (Å²) in [6.07, 6.45) is 2.80. The van der Waals surface area contributed by atoms with Crippen LogP contribution in [0.5, 0.6) is 0 Å². The highest BCUT2D eigenvalue weighted by Gasteiger charge is 2.16. The number of hydrogen-bond acceptors (Lipinski definition) is 4. The number of nitrogens with one attached hydrogen (secondary N) is 2. The van der Waals surface area contributed by atoms with Crippen molar-refractivity contribution >= 4 is 34.8 Å². The predicted octanol–water partition coefficient (Wildman–Crippen LogP) is 5.71. The zero-order valence-corrected chi connectivity index (χ0v) is 19.9. The Labute approximate surface area is 200 Å². The third kappa shape index (κ3) is 6.24. The Bertz CT molecular complexity index is 1060. The van der Waals surface area contributed by atoms with Gasteiger partial charge in [0.1, 0.15) is 5.82 Å². The molecule has 0 bridgehead atoms. The molecule has 3 aromatic rings. The lowest BCUT2D eigenvalue weighted by atomic mass is 10.1. The second kappa shape index (κ2) is 10.7. The van der Waals surface area contributed by atoms with Crippen LogP contribution < -0.4 is 15.5 Å². The molecule has 0 aliphatic carbocycles. The van der Waals surface area contributed by atoms with Crippen LogP contribution in [0.2, 0.25) is 5.02 Å². The lowest BCUT2D eigenvalue weighted by Crippen LogP contribution is -2.31. The van der Waals surface area contributed by atoms with Crippen molar-refractivity contribution in [2.24, 2.45) is 0 Å². The number of urea groups is 1. The first-order chi connectivity index (χ1) is 16.0. The molecule has 0 atom stereocenters. The van der Waals surface area contributed by atoms with E-state index in [1.54, 1.807) is 6.20 Å². The van der Waals surface area contributed by atoms with E-state index in [0.29, 0.717) is 5.69 Å². The van der Waals surface area contributed by atoms with E-state index in [2.05, 4.69) is 37.6 Å². The number of benzene rings is 2. The minimum atomic E-state index is -0.269. The van der Waals surface area contributed by atoms with Crippen LogP contribution in [0, 0.1) is 13.8 Å². The van der Waals surface area contributed by atoms with Crippen LogP contribution in [-0.2, 0) is 6.54 Å². The smallest absolute Gasteiger partial charge is 0.323 e. The van der Waals surface area contributed by atoms with Crippen molar-refractivity contribution in [2.45, 2.75) is 26.8 Å². The van der Waals surface area contributed by atoms with Gasteiger partial charge in [-0.15, -0.1) is 0 Å². The van der Waals surface area contributed by atoms with E-state index in [9.17, 15) is 4.79 Å². The Kier molecular flexibility index (Phi) is 7.47. The molecule has 1 aliphatic rings. The molecule has 0 spiro atoms. The largest absolute Gasteiger partial charge is 0.355 e. The van der Waals surface area contributed by atoms with Crippen molar-refractivity contribution in [3.8, 4) is 0 Å². The van der Waals surface area contributed by atoms with Gasteiger partial charge in [0.25, 0.3) is 0 Å². The van der Waals surface area contributed by atoms with Gasteiger partial charge in [0.2, 0.25) is 0 Å². The lowest BCUT2D eigenvalue weighted by Gasteiger charge is -2.23. The number of nitrogens with zero attached hydrogens (tertiary/aromatic N) is 3. The molecule has 1 saturated heterocycles. The zero-order valence-electron chi connectivity index (χ0n) is 19.1. The third-order valence-corrected chi connectivity index (χ3v) is 6.21. The predicted molar refractivity (Wildman–Crippen MR) is 136 cm³/mol. The topological polar surface area (TPSA) is 60.5 Å². The SMILES string of the molecule is Cc1cccc(C)c1NC(=O)Nc1ccc(N2CCCN(Cc3ccc(Cl)cc3)CC2)nc1. The van der Waals surface area contributed by atoms with Crippen molar-refractivity contribution in [3.63, 3.8) is 0 Å². The molecule has 0 unspecified atom stereocenters. The molecule has 2 heterocycles. The highest BCUT2D eigenvalue weighted by Crippen LogP contribution is 2.21. The molecule has 2 aromatic carbocycles. The summed E-state index contributed by atoms with van der Waals surface area (Å²) < 4.78 is 0. The minimum absolute atomic E-state index is 0.269. The standard InChI is InChI=1S/C26H30ClN5O/c1-19-5-3-6-20(2)25(19)30-26(33)29-23-11-12-24(28-17-23)32-14-4-13-31(15-16-32)18-21-7-9-22(27)10-8-21/h3,5-12,17H,4,13-16,18H2,1-2H3,(H2,29,30,33). The Morgan fingerprint density at radius 3 is 2.39 bits per heavy atom. The van der Waals surface area contributed by atoms with Gasteiger partial charge in [-0.2, -0.15) is 0 Å². The molecule has 2 amide bonds. The van der Waals surface area contributed by atoms with Crippen molar-refractivity contribution < 1.29 is 4.79 Å². The van der Waals surface area contributed by atoms with Gasteiger partial charge in [-0.25, -0.2) is 9.78 Å². The zero-order chi connectivity index (χ0) is 23.2. The summed E-state index contributed by atoms with van der Waals surface area (Å²) in [7, 11) is 0. The van der Waals surface area contributed by atoms with Crippen LogP contribution in [0.3, 0.4) is 0 Å². The maximum absolute atomic E-state index is 12.4. The minimum Gasteiger partial charge on any atom is -0.355 e. The van der Waals surface area contributed by atoms with Gasteiger partial charge >= 0.3 is 6.03 Å². The van der Waals surface area contributed by atoms with Gasteiger partial charge in [-0.3, -0.25) is 4.90 Å². The molecule has 1 aromatic heterocycles. The number of pyridine rings is 1. The average molecular weight is 464 g/mol. The Balaban J connectivity index is 1.31. The van der Waals surface area contributed by atoms with E-state index in [1.807, 2.05) is 56.3 Å². The fourth-order valence-electron chi connectivity index (χ4n) is 4.14. The van der Waals surface area contributed by atoms with Gasteiger partial charge in [-0.05, 0) is 61.2 Å². The van der Waals surface area contributed by atoms with E-state index >= 15 is 0 Å². The van der Waals surface area contributed by atoms with E-state index in [-0.39, 0.29) is 6.03 Å². The second-order valence-electron chi connectivity index (χ2n) is 8.49. The number of aromatic nitrogens is 1. The molecule has 1 fully saturated rings.